The Kier molecular flexibility index (Phi) is 4.81. The molecule has 2 unspecified atom stereocenters. The maximum absolute atomic E-state index is 12.8. The van der Waals surface area contributed by atoms with Crippen LogP contribution in [0.4, 0.5) is 0 Å². The maximum Gasteiger partial charge on any atom is 0.272 e. The summed E-state index contributed by atoms with van der Waals surface area (Å²) in [5, 5.41) is 4.47. The second kappa shape index (κ2) is 6.39. The summed E-state index contributed by atoms with van der Waals surface area (Å²) in [5.74, 6) is 0.531. The highest BCUT2D eigenvalue weighted by atomic mass is 16.2. The Bertz CT molecular complexity index is 468. The van der Waals surface area contributed by atoms with Crippen molar-refractivity contribution in [1.82, 2.24) is 14.7 Å². The molecular weight excluding hydrogens is 252 g/mol. The number of nitrogens with two attached hydrogens (primary N) is 1. The molecule has 0 spiro atoms. The molecule has 112 valence electrons. The van der Waals surface area contributed by atoms with Gasteiger partial charge in [-0.1, -0.05) is 6.92 Å². The summed E-state index contributed by atoms with van der Waals surface area (Å²) in [5.41, 5.74) is 7.47. The number of hydrogen-bond acceptors (Lipinski definition) is 3. The summed E-state index contributed by atoms with van der Waals surface area (Å²) in [6.45, 7) is 8.36. The molecule has 0 saturated carbocycles. The number of aromatic nitrogens is 2. The van der Waals surface area contributed by atoms with Gasteiger partial charge in [0.25, 0.3) is 5.91 Å². The van der Waals surface area contributed by atoms with Crippen molar-refractivity contribution in [2.24, 2.45) is 11.7 Å². The number of nitrogens with zero attached hydrogens (tertiary/aromatic N) is 3. The molecule has 0 radical (unpaired) electrons. The minimum absolute atomic E-state index is 0.102. The van der Waals surface area contributed by atoms with Gasteiger partial charge in [-0.3, -0.25) is 9.48 Å². The van der Waals surface area contributed by atoms with Crippen LogP contribution in [0.5, 0.6) is 0 Å². The zero-order chi connectivity index (χ0) is 14.7. The van der Waals surface area contributed by atoms with Crippen molar-refractivity contribution in [3.8, 4) is 0 Å². The zero-order valence-electron chi connectivity index (χ0n) is 12.8. The first kappa shape index (κ1) is 15.0. The predicted molar refractivity (Wildman–Crippen MR) is 79.6 cm³/mol. The molecule has 2 rings (SSSR count). The van der Waals surface area contributed by atoms with Crippen LogP contribution in [-0.4, -0.2) is 39.7 Å². The smallest absolute Gasteiger partial charge is 0.272 e. The van der Waals surface area contributed by atoms with Gasteiger partial charge in [-0.2, -0.15) is 5.10 Å². The number of rotatable bonds is 4. The number of likely N-dealkylation sites (tertiary alicyclic amines) is 1. The number of carbonyl (C=O) groups excluding carboxylic acids is 1. The Balaban J connectivity index is 2.23. The molecule has 0 aromatic carbocycles. The lowest BCUT2D eigenvalue weighted by Gasteiger charge is -2.37. The van der Waals surface area contributed by atoms with Gasteiger partial charge in [0.1, 0.15) is 5.69 Å². The molecule has 1 aromatic heterocycles. The topological polar surface area (TPSA) is 64.2 Å². The van der Waals surface area contributed by atoms with E-state index in [1.54, 1.807) is 0 Å². The van der Waals surface area contributed by atoms with Crippen LogP contribution in [0, 0.1) is 5.92 Å². The highest BCUT2D eigenvalue weighted by Crippen LogP contribution is 2.23. The molecular formula is C15H26N4O. The fourth-order valence-corrected chi connectivity index (χ4v) is 2.86. The summed E-state index contributed by atoms with van der Waals surface area (Å²) in [6, 6.07) is 2.22. The molecule has 1 aliphatic rings. The fourth-order valence-electron chi connectivity index (χ4n) is 2.86. The second-order valence-electron chi connectivity index (χ2n) is 5.68. The zero-order valence-corrected chi connectivity index (χ0v) is 12.8. The summed E-state index contributed by atoms with van der Waals surface area (Å²) < 4.78 is 1.82. The summed E-state index contributed by atoms with van der Waals surface area (Å²) in [7, 11) is 0. The van der Waals surface area contributed by atoms with Crippen molar-refractivity contribution in [3.05, 3.63) is 17.5 Å². The van der Waals surface area contributed by atoms with Crippen LogP contribution in [0.1, 0.15) is 49.8 Å². The van der Waals surface area contributed by atoms with E-state index in [0.717, 1.165) is 38.0 Å². The van der Waals surface area contributed by atoms with E-state index in [2.05, 4.69) is 18.9 Å². The van der Waals surface area contributed by atoms with Crippen molar-refractivity contribution in [2.75, 3.05) is 13.1 Å². The van der Waals surface area contributed by atoms with E-state index >= 15 is 0 Å². The fraction of sp³-hybridized carbons (Fsp3) is 0.733. The molecule has 0 aliphatic carbocycles. The average Bonchev–Trinajstić information content (AvgIpc) is 2.90. The first-order valence-electron chi connectivity index (χ1n) is 7.68. The van der Waals surface area contributed by atoms with Crippen molar-refractivity contribution < 1.29 is 4.79 Å². The maximum atomic E-state index is 12.8. The lowest BCUT2D eigenvalue weighted by atomic mass is 9.93. The van der Waals surface area contributed by atoms with Gasteiger partial charge in [0.05, 0.1) is 5.69 Å². The van der Waals surface area contributed by atoms with Crippen LogP contribution in [0.3, 0.4) is 0 Å². The Morgan fingerprint density at radius 3 is 2.80 bits per heavy atom. The van der Waals surface area contributed by atoms with Crippen LogP contribution in [0.15, 0.2) is 6.07 Å². The van der Waals surface area contributed by atoms with E-state index in [1.807, 2.05) is 22.6 Å². The van der Waals surface area contributed by atoms with Crippen LogP contribution in [-0.2, 0) is 13.0 Å². The first-order chi connectivity index (χ1) is 9.60. The SMILES string of the molecule is CCc1cc(C(=O)N2CC(CN)CCC2C)n(CC)n1. The van der Waals surface area contributed by atoms with Crippen molar-refractivity contribution in [3.63, 3.8) is 0 Å². The number of hydrogen-bond donors (Lipinski definition) is 1. The Labute approximate surface area is 121 Å². The van der Waals surface area contributed by atoms with Gasteiger partial charge in [0, 0.05) is 19.1 Å². The normalized spacial score (nSPS) is 23.1. The van der Waals surface area contributed by atoms with Gasteiger partial charge in [-0.25, -0.2) is 0 Å². The van der Waals surface area contributed by atoms with Gasteiger partial charge in [0.2, 0.25) is 0 Å². The minimum Gasteiger partial charge on any atom is -0.334 e. The molecule has 1 amide bonds. The molecule has 2 N–H and O–H groups in total. The Morgan fingerprint density at radius 1 is 1.45 bits per heavy atom. The molecule has 1 aliphatic heterocycles. The molecule has 2 heterocycles. The monoisotopic (exact) mass is 278 g/mol. The van der Waals surface area contributed by atoms with Crippen molar-refractivity contribution in [2.45, 2.75) is 52.6 Å². The van der Waals surface area contributed by atoms with Gasteiger partial charge in [-0.15, -0.1) is 0 Å². The third-order valence-corrected chi connectivity index (χ3v) is 4.29. The molecule has 1 saturated heterocycles. The van der Waals surface area contributed by atoms with E-state index in [1.165, 1.54) is 0 Å². The highest BCUT2D eigenvalue weighted by Gasteiger charge is 2.30. The number of carbonyl (C=O) groups is 1. The predicted octanol–water partition coefficient (Wildman–Crippen LogP) is 1.66. The van der Waals surface area contributed by atoms with Crippen LogP contribution in [0.25, 0.3) is 0 Å². The molecule has 5 nitrogen and oxygen atoms in total. The average molecular weight is 278 g/mol. The molecule has 2 atom stereocenters. The largest absolute Gasteiger partial charge is 0.334 e. The molecule has 1 aromatic rings. The van der Waals surface area contributed by atoms with Crippen molar-refractivity contribution >= 4 is 5.91 Å². The number of aryl methyl sites for hydroxylation is 2. The highest BCUT2D eigenvalue weighted by molar-refractivity contribution is 5.93. The molecule has 1 fully saturated rings. The lowest BCUT2D eigenvalue weighted by molar-refractivity contribution is 0.0554. The first-order valence-corrected chi connectivity index (χ1v) is 7.68. The van der Waals surface area contributed by atoms with Gasteiger partial charge in [-0.05, 0) is 51.6 Å². The van der Waals surface area contributed by atoms with E-state index in [0.29, 0.717) is 18.2 Å². The van der Waals surface area contributed by atoms with Crippen LogP contribution >= 0.6 is 0 Å². The van der Waals surface area contributed by atoms with Gasteiger partial charge in [0.15, 0.2) is 0 Å². The minimum atomic E-state index is 0.102. The quantitative estimate of drug-likeness (QED) is 0.911. The molecule has 0 bridgehead atoms. The third kappa shape index (κ3) is 2.87. The van der Waals surface area contributed by atoms with Gasteiger partial charge < -0.3 is 10.6 Å². The summed E-state index contributed by atoms with van der Waals surface area (Å²) in [6.07, 6.45) is 3.01. The standard InChI is InChI=1S/C15H26N4O/c1-4-13-8-14(19(5-2)17-13)15(20)18-10-12(9-16)7-6-11(18)3/h8,11-12H,4-7,9-10,16H2,1-3H3. The number of amides is 1. The van der Waals surface area contributed by atoms with Crippen molar-refractivity contribution in [1.29, 1.82) is 0 Å². The molecule has 5 heteroatoms. The Hall–Kier alpha value is -1.36. The lowest BCUT2D eigenvalue weighted by Crippen LogP contribution is -2.47. The number of piperidine rings is 1. The van der Waals surface area contributed by atoms with E-state index in [4.69, 9.17) is 5.73 Å². The Morgan fingerprint density at radius 2 is 2.20 bits per heavy atom. The third-order valence-electron chi connectivity index (χ3n) is 4.29. The molecule has 20 heavy (non-hydrogen) atoms. The summed E-state index contributed by atoms with van der Waals surface area (Å²) in [4.78, 5) is 14.8. The second-order valence-corrected chi connectivity index (χ2v) is 5.68. The summed E-state index contributed by atoms with van der Waals surface area (Å²) >= 11 is 0. The van der Waals surface area contributed by atoms with E-state index < -0.39 is 0 Å². The van der Waals surface area contributed by atoms with E-state index in [9.17, 15) is 4.79 Å². The van der Waals surface area contributed by atoms with Crippen LogP contribution in [0.2, 0.25) is 0 Å². The van der Waals surface area contributed by atoms with Crippen LogP contribution < -0.4 is 5.73 Å². The van der Waals surface area contributed by atoms with Gasteiger partial charge >= 0.3 is 0 Å². The van der Waals surface area contributed by atoms with E-state index in [-0.39, 0.29) is 11.9 Å².